The maximum absolute atomic E-state index is 11.9. The zero-order valence-electron chi connectivity index (χ0n) is 10.3. The van der Waals surface area contributed by atoms with Gasteiger partial charge in [0, 0.05) is 12.2 Å². The van der Waals surface area contributed by atoms with Crippen molar-refractivity contribution in [3.63, 3.8) is 0 Å². The Labute approximate surface area is 106 Å². The Hall–Kier alpha value is -1.15. The second kappa shape index (κ2) is 5.23. The van der Waals surface area contributed by atoms with Gasteiger partial charge >= 0.3 is 0 Å². The molecule has 5 N–H and O–H groups in total. The Kier molecular flexibility index (Phi) is 4.33. The number of rotatable bonds is 5. The number of aliphatic hydroxyl groups excluding tert-OH is 1. The highest BCUT2D eigenvalue weighted by atomic mass is 32.2. The van der Waals surface area contributed by atoms with E-state index in [9.17, 15) is 13.5 Å². The number of nitrogens with one attached hydrogen (secondary N) is 1. The van der Waals surface area contributed by atoms with E-state index in [2.05, 4.69) is 4.72 Å². The molecule has 0 aliphatic heterocycles. The van der Waals surface area contributed by atoms with Crippen LogP contribution in [0.4, 0.5) is 5.69 Å². The summed E-state index contributed by atoms with van der Waals surface area (Å²) in [7, 11) is -3.72. The van der Waals surface area contributed by atoms with E-state index in [-0.39, 0.29) is 11.4 Å². The van der Waals surface area contributed by atoms with Crippen LogP contribution in [0, 0.1) is 6.92 Å². The summed E-state index contributed by atoms with van der Waals surface area (Å²) in [5, 5.41) is 18.4. The monoisotopic (exact) mass is 274 g/mol. The number of hydrogen-bond donors (Lipinski definition) is 4. The van der Waals surface area contributed by atoms with Crippen molar-refractivity contribution in [2.45, 2.75) is 24.3 Å². The lowest BCUT2D eigenvalue weighted by molar-refractivity contribution is 0.00681. The maximum atomic E-state index is 11.9. The summed E-state index contributed by atoms with van der Waals surface area (Å²) in [4.78, 5) is 0.0722. The number of nitrogen functional groups attached to an aromatic ring is 1. The molecule has 0 spiro atoms. The van der Waals surface area contributed by atoms with Crippen molar-refractivity contribution in [2.75, 3.05) is 18.9 Å². The van der Waals surface area contributed by atoms with Crippen LogP contribution in [-0.4, -0.2) is 37.4 Å². The van der Waals surface area contributed by atoms with E-state index in [1.165, 1.54) is 25.1 Å². The molecule has 0 amide bonds. The molecule has 0 radical (unpaired) electrons. The van der Waals surface area contributed by atoms with Gasteiger partial charge in [-0.3, -0.25) is 0 Å². The first-order valence-electron chi connectivity index (χ1n) is 5.37. The highest BCUT2D eigenvalue weighted by Gasteiger charge is 2.23. The van der Waals surface area contributed by atoms with Gasteiger partial charge in [-0.05, 0) is 37.6 Å². The van der Waals surface area contributed by atoms with E-state index in [0.29, 0.717) is 11.3 Å². The smallest absolute Gasteiger partial charge is 0.240 e. The van der Waals surface area contributed by atoms with Gasteiger partial charge in [0.1, 0.15) is 0 Å². The fourth-order valence-electron chi connectivity index (χ4n) is 1.21. The highest BCUT2D eigenvalue weighted by molar-refractivity contribution is 7.89. The van der Waals surface area contributed by atoms with Crippen molar-refractivity contribution >= 4 is 15.7 Å². The molecular formula is C11H18N2O4S. The van der Waals surface area contributed by atoms with Gasteiger partial charge < -0.3 is 15.9 Å². The zero-order valence-corrected chi connectivity index (χ0v) is 11.2. The molecular weight excluding hydrogens is 256 g/mol. The van der Waals surface area contributed by atoms with E-state index in [4.69, 9.17) is 10.8 Å². The minimum Gasteiger partial charge on any atom is -0.399 e. The predicted molar refractivity (Wildman–Crippen MR) is 68.5 cm³/mol. The predicted octanol–water partition coefficient (Wildman–Crippen LogP) is -0.401. The van der Waals surface area contributed by atoms with Gasteiger partial charge in [0.2, 0.25) is 10.0 Å². The van der Waals surface area contributed by atoms with E-state index in [1.807, 2.05) is 0 Å². The molecule has 102 valence electrons. The fourth-order valence-corrected chi connectivity index (χ4v) is 2.45. The summed E-state index contributed by atoms with van der Waals surface area (Å²) < 4.78 is 26.1. The molecule has 1 aromatic carbocycles. The molecule has 0 saturated heterocycles. The maximum Gasteiger partial charge on any atom is 0.240 e. The number of aryl methyl sites for hydroxylation is 1. The molecule has 6 nitrogen and oxygen atoms in total. The first-order chi connectivity index (χ1) is 8.18. The van der Waals surface area contributed by atoms with Crippen LogP contribution < -0.4 is 10.5 Å². The van der Waals surface area contributed by atoms with Gasteiger partial charge in [0.25, 0.3) is 0 Å². The lowest BCUT2D eigenvalue weighted by Crippen LogP contribution is -2.43. The Morgan fingerprint density at radius 1 is 1.44 bits per heavy atom. The number of aliphatic hydroxyl groups is 2. The van der Waals surface area contributed by atoms with Crippen LogP contribution in [0.1, 0.15) is 12.5 Å². The van der Waals surface area contributed by atoms with Crippen LogP contribution in [0.25, 0.3) is 0 Å². The summed E-state index contributed by atoms with van der Waals surface area (Å²) in [6.45, 7) is 2.24. The average molecular weight is 274 g/mol. The van der Waals surface area contributed by atoms with E-state index in [0.717, 1.165) is 0 Å². The molecule has 0 aromatic heterocycles. The highest BCUT2D eigenvalue weighted by Crippen LogP contribution is 2.17. The molecule has 0 fully saturated rings. The Balaban J connectivity index is 2.90. The van der Waals surface area contributed by atoms with Crippen LogP contribution in [0.2, 0.25) is 0 Å². The van der Waals surface area contributed by atoms with Gasteiger partial charge in [-0.1, -0.05) is 0 Å². The van der Waals surface area contributed by atoms with Crippen molar-refractivity contribution < 1.29 is 18.6 Å². The van der Waals surface area contributed by atoms with Crippen LogP contribution in [-0.2, 0) is 10.0 Å². The average Bonchev–Trinajstić information content (AvgIpc) is 2.30. The van der Waals surface area contributed by atoms with E-state index >= 15 is 0 Å². The first-order valence-corrected chi connectivity index (χ1v) is 6.85. The van der Waals surface area contributed by atoms with Crippen LogP contribution in [0.15, 0.2) is 23.1 Å². The molecule has 0 bridgehead atoms. The zero-order chi connectivity index (χ0) is 14.0. The van der Waals surface area contributed by atoms with E-state index < -0.39 is 22.2 Å². The Morgan fingerprint density at radius 3 is 2.56 bits per heavy atom. The normalized spacial score (nSPS) is 15.3. The molecule has 1 aromatic rings. The van der Waals surface area contributed by atoms with Gasteiger partial charge in [0.15, 0.2) is 0 Å². The molecule has 1 unspecified atom stereocenters. The third kappa shape index (κ3) is 3.67. The number of hydrogen-bond acceptors (Lipinski definition) is 5. The Bertz CT molecular complexity index is 526. The lowest BCUT2D eigenvalue weighted by atomic mass is 10.1. The molecule has 0 aliphatic rings. The molecule has 18 heavy (non-hydrogen) atoms. The summed E-state index contributed by atoms with van der Waals surface area (Å²) in [5.74, 6) is 0. The minimum atomic E-state index is -3.72. The number of sulfonamides is 1. The molecule has 0 aliphatic carbocycles. The van der Waals surface area contributed by atoms with Gasteiger partial charge in [0.05, 0.1) is 17.1 Å². The van der Waals surface area contributed by atoms with E-state index in [1.54, 1.807) is 6.92 Å². The number of nitrogens with two attached hydrogens (primary N) is 1. The second-order valence-electron chi connectivity index (χ2n) is 4.50. The quantitative estimate of drug-likeness (QED) is 0.546. The summed E-state index contributed by atoms with van der Waals surface area (Å²) in [5.41, 5.74) is 5.29. The van der Waals surface area contributed by atoms with Crippen molar-refractivity contribution in [3.05, 3.63) is 23.8 Å². The van der Waals surface area contributed by atoms with Crippen molar-refractivity contribution in [2.24, 2.45) is 0 Å². The largest absolute Gasteiger partial charge is 0.399 e. The topological polar surface area (TPSA) is 113 Å². The third-order valence-electron chi connectivity index (χ3n) is 2.54. The second-order valence-corrected chi connectivity index (χ2v) is 6.26. The molecule has 1 atom stereocenters. The standard InChI is InChI=1S/C11H18N2O4S/c1-8-5-9(3-4-10(8)12)18(16,17)13-6-11(2,15)7-14/h3-5,13-15H,6-7,12H2,1-2H3. The van der Waals surface area contributed by atoms with Gasteiger partial charge in [-0.25, -0.2) is 13.1 Å². The number of anilines is 1. The minimum absolute atomic E-state index is 0.0722. The third-order valence-corrected chi connectivity index (χ3v) is 3.93. The summed E-state index contributed by atoms with van der Waals surface area (Å²) >= 11 is 0. The Morgan fingerprint density at radius 2 is 2.06 bits per heavy atom. The van der Waals surface area contributed by atoms with Crippen molar-refractivity contribution in [3.8, 4) is 0 Å². The van der Waals surface area contributed by atoms with Crippen LogP contribution in [0.5, 0.6) is 0 Å². The van der Waals surface area contributed by atoms with Crippen molar-refractivity contribution in [1.82, 2.24) is 4.72 Å². The summed E-state index contributed by atoms with van der Waals surface area (Å²) in [6, 6.07) is 4.34. The summed E-state index contributed by atoms with van der Waals surface area (Å²) in [6.07, 6.45) is 0. The lowest BCUT2D eigenvalue weighted by Gasteiger charge is -2.20. The number of benzene rings is 1. The SMILES string of the molecule is Cc1cc(S(=O)(=O)NCC(C)(O)CO)ccc1N. The molecule has 7 heteroatoms. The molecule has 0 heterocycles. The van der Waals surface area contributed by atoms with Crippen LogP contribution in [0.3, 0.4) is 0 Å². The first kappa shape index (κ1) is 14.9. The van der Waals surface area contributed by atoms with Crippen molar-refractivity contribution in [1.29, 1.82) is 0 Å². The fraction of sp³-hybridized carbons (Fsp3) is 0.455. The molecule has 0 saturated carbocycles. The van der Waals surface area contributed by atoms with Gasteiger partial charge in [-0.2, -0.15) is 0 Å². The molecule has 1 rings (SSSR count). The van der Waals surface area contributed by atoms with Gasteiger partial charge in [-0.15, -0.1) is 0 Å². The van der Waals surface area contributed by atoms with Crippen LogP contribution >= 0.6 is 0 Å².